The van der Waals surface area contributed by atoms with Crippen LogP contribution in [0.2, 0.25) is 0 Å². The zero-order valence-electron chi connectivity index (χ0n) is 13.3. The number of aliphatic hydroxyl groups excluding tert-OH is 1. The number of benzene rings is 1. The van der Waals surface area contributed by atoms with Gasteiger partial charge in [0.05, 0.1) is 18.8 Å². The molecule has 21 heavy (non-hydrogen) atoms. The van der Waals surface area contributed by atoms with Crippen molar-refractivity contribution < 1.29 is 9.84 Å². The van der Waals surface area contributed by atoms with Gasteiger partial charge >= 0.3 is 0 Å². The summed E-state index contributed by atoms with van der Waals surface area (Å²) >= 11 is 0. The molecule has 0 spiro atoms. The van der Waals surface area contributed by atoms with Crippen LogP contribution in [0.4, 0.5) is 0 Å². The van der Waals surface area contributed by atoms with Crippen molar-refractivity contribution in [1.82, 2.24) is 4.90 Å². The molecule has 1 heterocycles. The molecule has 1 aliphatic heterocycles. The van der Waals surface area contributed by atoms with Gasteiger partial charge < -0.3 is 9.84 Å². The van der Waals surface area contributed by atoms with Crippen LogP contribution in [0.1, 0.15) is 55.8 Å². The molecule has 1 N–H and O–H groups in total. The summed E-state index contributed by atoms with van der Waals surface area (Å²) in [4.78, 5) is 2.56. The lowest BCUT2D eigenvalue weighted by atomic mass is 9.83. The van der Waals surface area contributed by atoms with Crippen molar-refractivity contribution in [3.8, 4) is 5.75 Å². The van der Waals surface area contributed by atoms with Gasteiger partial charge in [-0.25, -0.2) is 0 Å². The van der Waals surface area contributed by atoms with Crippen LogP contribution in [-0.2, 0) is 0 Å². The minimum absolute atomic E-state index is 0.0319. The third-order valence-electron chi connectivity index (χ3n) is 5.49. The lowest BCUT2D eigenvalue weighted by molar-refractivity contribution is -0.0199. The highest BCUT2D eigenvalue weighted by Crippen LogP contribution is 2.46. The first-order chi connectivity index (χ1) is 10.2. The van der Waals surface area contributed by atoms with E-state index in [1.54, 1.807) is 7.11 Å². The number of nitrogens with zero attached hydrogens (tertiary/aromatic N) is 1. The van der Waals surface area contributed by atoms with Crippen LogP contribution in [0, 0.1) is 6.92 Å². The lowest BCUT2D eigenvalue weighted by Crippen LogP contribution is -2.49. The summed E-state index contributed by atoms with van der Waals surface area (Å²) in [5.41, 5.74) is 2.17. The van der Waals surface area contributed by atoms with Gasteiger partial charge in [0.2, 0.25) is 0 Å². The van der Waals surface area contributed by atoms with Crippen LogP contribution in [0.15, 0.2) is 18.2 Å². The molecule has 116 valence electrons. The second kappa shape index (κ2) is 5.98. The monoisotopic (exact) mass is 289 g/mol. The Bertz CT molecular complexity index is 488. The van der Waals surface area contributed by atoms with Crippen LogP contribution in [0.25, 0.3) is 0 Å². The number of methoxy groups -OCH3 is 1. The number of ether oxygens (including phenoxy) is 1. The highest BCUT2D eigenvalue weighted by atomic mass is 16.5. The second-order valence-corrected chi connectivity index (χ2v) is 6.63. The van der Waals surface area contributed by atoms with Gasteiger partial charge in [-0.3, -0.25) is 4.90 Å². The minimum atomic E-state index is -0.385. The Morgan fingerprint density at radius 1 is 1.14 bits per heavy atom. The van der Waals surface area contributed by atoms with Gasteiger partial charge in [0, 0.05) is 0 Å². The average Bonchev–Trinajstić information content (AvgIpc) is 3.17. The maximum absolute atomic E-state index is 11.2. The Morgan fingerprint density at radius 3 is 2.38 bits per heavy atom. The largest absolute Gasteiger partial charge is 0.497 e. The summed E-state index contributed by atoms with van der Waals surface area (Å²) < 4.78 is 5.29. The van der Waals surface area contributed by atoms with E-state index in [0.29, 0.717) is 0 Å². The standard InChI is InChI=1S/C18H27NO2/c1-14-13-15(21-2)7-8-16(14)17(20)18(9-3-4-10-18)19-11-5-6-12-19/h7-8,13,17,20H,3-6,9-12H2,1-2H3. The molecule has 0 amide bonds. The average molecular weight is 289 g/mol. The summed E-state index contributed by atoms with van der Waals surface area (Å²) in [6.07, 6.45) is 6.89. The molecule has 3 nitrogen and oxygen atoms in total. The quantitative estimate of drug-likeness (QED) is 0.921. The Kier molecular flexibility index (Phi) is 4.23. The van der Waals surface area contributed by atoms with E-state index in [2.05, 4.69) is 17.9 Å². The van der Waals surface area contributed by atoms with Gasteiger partial charge in [-0.05, 0) is 69.0 Å². The Hall–Kier alpha value is -1.06. The number of hydrogen-bond donors (Lipinski definition) is 1. The van der Waals surface area contributed by atoms with Crippen molar-refractivity contribution in [3.63, 3.8) is 0 Å². The fourth-order valence-corrected chi connectivity index (χ4v) is 4.28. The van der Waals surface area contributed by atoms with Crippen molar-refractivity contribution in [2.24, 2.45) is 0 Å². The number of likely N-dealkylation sites (tertiary alicyclic amines) is 1. The van der Waals surface area contributed by atoms with Crippen LogP contribution in [-0.4, -0.2) is 35.7 Å². The van der Waals surface area contributed by atoms with E-state index in [0.717, 1.165) is 42.8 Å². The Balaban J connectivity index is 1.92. The molecule has 0 bridgehead atoms. The van der Waals surface area contributed by atoms with E-state index >= 15 is 0 Å². The van der Waals surface area contributed by atoms with Crippen molar-refractivity contribution in [3.05, 3.63) is 29.3 Å². The highest BCUT2D eigenvalue weighted by molar-refractivity contribution is 5.37. The fourth-order valence-electron chi connectivity index (χ4n) is 4.28. The van der Waals surface area contributed by atoms with Crippen LogP contribution < -0.4 is 4.74 Å². The van der Waals surface area contributed by atoms with Crippen LogP contribution in [0.3, 0.4) is 0 Å². The van der Waals surface area contributed by atoms with Crippen LogP contribution >= 0.6 is 0 Å². The summed E-state index contributed by atoms with van der Waals surface area (Å²) in [5, 5.41) is 11.2. The lowest BCUT2D eigenvalue weighted by Gasteiger charge is -2.43. The van der Waals surface area contributed by atoms with Crippen molar-refractivity contribution in [1.29, 1.82) is 0 Å². The van der Waals surface area contributed by atoms with Gasteiger partial charge in [0.1, 0.15) is 5.75 Å². The van der Waals surface area contributed by atoms with Gasteiger partial charge in [-0.15, -0.1) is 0 Å². The summed E-state index contributed by atoms with van der Waals surface area (Å²) in [5.74, 6) is 0.866. The smallest absolute Gasteiger partial charge is 0.119 e. The van der Waals surface area contributed by atoms with E-state index in [4.69, 9.17) is 4.74 Å². The predicted octanol–water partition coefficient (Wildman–Crippen LogP) is 3.45. The first kappa shape index (κ1) is 14.9. The molecule has 2 aliphatic rings. The topological polar surface area (TPSA) is 32.7 Å². The number of hydrogen-bond acceptors (Lipinski definition) is 3. The number of rotatable bonds is 4. The molecular formula is C18H27NO2. The molecule has 1 atom stereocenters. The molecule has 3 rings (SSSR count). The molecule has 1 aromatic rings. The third kappa shape index (κ3) is 2.58. The summed E-state index contributed by atoms with van der Waals surface area (Å²) in [6, 6.07) is 6.05. The van der Waals surface area contributed by atoms with E-state index in [9.17, 15) is 5.11 Å². The molecule has 3 heteroatoms. The van der Waals surface area contributed by atoms with Crippen molar-refractivity contribution in [2.45, 2.75) is 57.1 Å². The molecule has 1 saturated carbocycles. The Labute approximate surface area is 127 Å². The van der Waals surface area contributed by atoms with Crippen molar-refractivity contribution in [2.75, 3.05) is 20.2 Å². The minimum Gasteiger partial charge on any atom is -0.497 e. The fraction of sp³-hybridized carbons (Fsp3) is 0.667. The second-order valence-electron chi connectivity index (χ2n) is 6.63. The van der Waals surface area contributed by atoms with Crippen molar-refractivity contribution >= 4 is 0 Å². The van der Waals surface area contributed by atoms with Gasteiger partial charge in [0.25, 0.3) is 0 Å². The SMILES string of the molecule is COc1ccc(C(O)C2(N3CCCC3)CCCC2)c(C)c1. The first-order valence-corrected chi connectivity index (χ1v) is 8.25. The molecule has 1 aliphatic carbocycles. The summed E-state index contributed by atoms with van der Waals surface area (Å²) in [6.45, 7) is 4.37. The molecule has 2 fully saturated rings. The van der Waals surface area contributed by atoms with Gasteiger partial charge in [0.15, 0.2) is 0 Å². The molecule has 0 aromatic heterocycles. The zero-order chi connectivity index (χ0) is 14.9. The van der Waals surface area contributed by atoms with Gasteiger partial charge in [-0.1, -0.05) is 18.9 Å². The van der Waals surface area contributed by atoms with E-state index in [1.165, 1.54) is 25.7 Å². The highest BCUT2D eigenvalue weighted by Gasteiger charge is 2.46. The molecule has 0 radical (unpaired) electrons. The van der Waals surface area contributed by atoms with Crippen LogP contribution in [0.5, 0.6) is 5.75 Å². The number of aryl methyl sites for hydroxylation is 1. The molecule has 1 aromatic carbocycles. The zero-order valence-corrected chi connectivity index (χ0v) is 13.3. The third-order valence-corrected chi connectivity index (χ3v) is 5.49. The molecule has 1 unspecified atom stereocenters. The first-order valence-electron chi connectivity index (χ1n) is 8.25. The van der Waals surface area contributed by atoms with E-state index in [-0.39, 0.29) is 11.6 Å². The van der Waals surface area contributed by atoms with E-state index < -0.39 is 0 Å². The normalized spacial score (nSPS) is 23.4. The van der Waals surface area contributed by atoms with Gasteiger partial charge in [-0.2, -0.15) is 0 Å². The summed E-state index contributed by atoms with van der Waals surface area (Å²) in [7, 11) is 1.69. The maximum Gasteiger partial charge on any atom is 0.119 e. The number of aliphatic hydroxyl groups is 1. The maximum atomic E-state index is 11.2. The molecule has 1 saturated heterocycles. The Morgan fingerprint density at radius 2 is 1.81 bits per heavy atom. The molecular weight excluding hydrogens is 262 g/mol. The predicted molar refractivity (Wildman–Crippen MR) is 84.7 cm³/mol. The van der Waals surface area contributed by atoms with E-state index in [1.807, 2.05) is 12.1 Å².